The normalized spacial score (nSPS) is 11.2. The van der Waals surface area contributed by atoms with Crippen LogP contribution in [0.4, 0.5) is 17.1 Å². The molecule has 4 aromatic rings. The quantitative estimate of drug-likeness (QED) is 0.200. The summed E-state index contributed by atoms with van der Waals surface area (Å²) in [7, 11) is 1.74. The lowest BCUT2D eigenvalue weighted by Gasteiger charge is -2.14. The van der Waals surface area contributed by atoms with Gasteiger partial charge in [-0.25, -0.2) is 4.68 Å². The van der Waals surface area contributed by atoms with Gasteiger partial charge in [-0.15, -0.1) is 0 Å². The molecule has 1 aromatic heterocycles. The number of nitriles is 1. The van der Waals surface area contributed by atoms with E-state index in [0.29, 0.717) is 22.8 Å². The zero-order chi connectivity index (χ0) is 28.6. The Morgan fingerprint density at radius 3 is 2.08 bits per heavy atom. The maximum Gasteiger partial charge on any atom is 0.295 e. The summed E-state index contributed by atoms with van der Waals surface area (Å²) < 4.78 is 3.15. The average molecular weight is 553 g/mol. The summed E-state index contributed by atoms with van der Waals surface area (Å²) >= 11 is 0.996. The van der Waals surface area contributed by atoms with Crippen molar-refractivity contribution in [1.82, 2.24) is 9.36 Å². The van der Waals surface area contributed by atoms with Crippen LogP contribution >= 0.6 is 11.8 Å². The summed E-state index contributed by atoms with van der Waals surface area (Å²) in [6.45, 7) is 3.69. The molecule has 4 rings (SSSR count). The van der Waals surface area contributed by atoms with Gasteiger partial charge >= 0.3 is 0 Å². The summed E-state index contributed by atoms with van der Waals surface area (Å²) in [4.78, 5) is 39.2. The lowest BCUT2D eigenvalue weighted by Crippen LogP contribution is -2.24. The lowest BCUT2D eigenvalue weighted by molar-refractivity contribution is -0.114. The Kier molecular flexibility index (Phi) is 8.89. The molecule has 1 heterocycles. The Morgan fingerprint density at radius 1 is 0.850 bits per heavy atom. The van der Waals surface area contributed by atoms with Gasteiger partial charge in [0.25, 0.3) is 11.5 Å². The molecule has 0 spiro atoms. The minimum atomic E-state index is -0.610. The summed E-state index contributed by atoms with van der Waals surface area (Å²) in [5.41, 5.74) is 3.11. The average Bonchev–Trinajstić information content (AvgIpc) is 3.16. The van der Waals surface area contributed by atoms with Gasteiger partial charge in [0, 0.05) is 18.4 Å². The number of hydrogen-bond acceptors (Lipinski definition) is 6. The first-order valence-electron chi connectivity index (χ1n) is 12.4. The van der Waals surface area contributed by atoms with E-state index in [1.807, 2.05) is 61.5 Å². The molecule has 40 heavy (non-hydrogen) atoms. The standard InChI is InChI=1S/C30H28N6O3S/c1-20-14-16-23(17-15-20)33-29(25(18-31)28(38)32-22-10-6-4-7-11-22)40-19-26(37)34-27-21(2)35(3)36(30(27)39)24-12-8-5-9-13-24/h4-17,33H,19H2,1-3H3,(H,32,38)(H,34,37)/b29-25-. The van der Waals surface area contributed by atoms with Crippen LogP contribution in [0.25, 0.3) is 5.69 Å². The fourth-order valence-corrected chi connectivity index (χ4v) is 4.70. The second-order valence-corrected chi connectivity index (χ2v) is 9.89. The number of para-hydroxylation sites is 2. The highest BCUT2D eigenvalue weighted by Crippen LogP contribution is 2.25. The lowest BCUT2D eigenvalue weighted by atomic mass is 10.2. The molecule has 0 aliphatic rings. The molecule has 10 heteroatoms. The second-order valence-electron chi connectivity index (χ2n) is 8.90. The van der Waals surface area contributed by atoms with Crippen molar-refractivity contribution < 1.29 is 9.59 Å². The smallest absolute Gasteiger partial charge is 0.295 e. The van der Waals surface area contributed by atoms with Crippen molar-refractivity contribution in [1.29, 1.82) is 5.26 Å². The molecule has 0 bridgehead atoms. The van der Waals surface area contributed by atoms with Crippen LogP contribution in [-0.2, 0) is 16.6 Å². The number of anilines is 3. The molecule has 3 N–H and O–H groups in total. The predicted octanol–water partition coefficient (Wildman–Crippen LogP) is 4.95. The van der Waals surface area contributed by atoms with Crippen molar-refractivity contribution in [2.75, 3.05) is 21.7 Å². The molecule has 2 amide bonds. The second kappa shape index (κ2) is 12.7. The van der Waals surface area contributed by atoms with Crippen molar-refractivity contribution in [3.8, 4) is 11.8 Å². The molecule has 9 nitrogen and oxygen atoms in total. The van der Waals surface area contributed by atoms with Gasteiger partial charge < -0.3 is 16.0 Å². The number of carbonyl (C=O) groups excluding carboxylic acids is 2. The third-order valence-electron chi connectivity index (χ3n) is 6.07. The molecule has 0 radical (unpaired) electrons. The highest BCUT2D eigenvalue weighted by molar-refractivity contribution is 8.03. The minimum Gasteiger partial charge on any atom is -0.349 e. The van der Waals surface area contributed by atoms with Crippen LogP contribution in [0.5, 0.6) is 0 Å². The highest BCUT2D eigenvalue weighted by Gasteiger charge is 2.21. The Hall–Kier alpha value is -5.01. The zero-order valence-corrected chi connectivity index (χ0v) is 23.1. The van der Waals surface area contributed by atoms with Crippen molar-refractivity contribution >= 4 is 40.6 Å². The first-order valence-corrected chi connectivity index (χ1v) is 13.4. The first-order chi connectivity index (χ1) is 19.3. The van der Waals surface area contributed by atoms with Gasteiger partial charge in [-0.1, -0.05) is 65.9 Å². The summed E-state index contributed by atoms with van der Waals surface area (Å²) in [5.74, 6) is -1.22. The number of carbonyl (C=O) groups is 2. The van der Waals surface area contributed by atoms with Crippen molar-refractivity contribution in [2.24, 2.45) is 7.05 Å². The Balaban J connectivity index is 1.57. The van der Waals surface area contributed by atoms with Gasteiger partial charge in [0.05, 0.1) is 22.2 Å². The number of amides is 2. The van der Waals surface area contributed by atoms with Crippen LogP contribution in [0.1, 0.15) is 11.3 Å². The van der Waals surface area contributed by atoms with Crippen LogP contribution in [-0.4, -0.2) is 26.9 Å². The molecule has 0 atom stereocenters. The fraction of sp³-hybridized carbons (Fsp3) is 0.133. The van der Waals surface area contributed by atoms with Crippen LogP contribution in [0, 0.1) is 25.2 Å². The number of aromatic nitrogens is 2. The number of benzene rings is 3. The monoisotopic (exact) mass is 552 g/mol. The third kappa shape index (κ3) is 6.51. The van der Waals surface area contributed by atoms with E-state index in [1.54, 1.807) is 55.1 Å². The molecule has 0 aliphatic heterocycles. The largest absolute Gasteiger partial charge is 0.349 e. The maximum atomic E-state index is 13.2. The van der Waals surface area contributed by atoms with Gasteiger partial charge in [-0.2, -0.15) is 5.26 Å². The number of nitrogens with one attached hydrogen (secondary N) is 3. The number of thioether (sulfide) groups is 1. The molecule has 202 valence electrons. The van der Waals surface area contributed by atoms with E-state index < -0.39 is 11.8 Å². The molecule has 0 saturated heterocycles. The van der Waals surface area contributed by atoms with Gasteiger partial charge in [-0.3, -0.25) is 19.1 Å². The molecule has 3 aromatic carbocycles. The van der Waals surface area contributed by atoms with E-state index >= 15 is 0 Å². The van der Waals surface area contributed by atoms with Crippen molar-refractivity contribution in [3.63, 3.8) is 0 Å². The van der Waals surface area contributed by atoms with Crippen molar-refractivity contribution in [3.05, 3.63) is 117 Å². The van der Waals surface area contributed by atoms with E-state index in [1.165, 1.54) is 4.68 Å². The van der Waals surface area contributed by atoms with E-state index in [4.69, 9.17) is 0 Å². The molecular weight excluding hydrogens is 524 g/mol. The number of nitrogens with zero attached hydrogens (tertiary/aromatic N) is 3. The summed E-state index contributed by atoms with van der Waals surface area (Å²) in [6, 6.07) is 27.3. The van der Waals surface area contributed by atoms with Gasteiger partial charge in [0.2, 0.25) is 5.91 Å². The summed E-state index contributed by atoms with van der Waals surface area (Å²) in [6.07, 6.45) is 0. The van der Waals surface area contributed by atoms with E-state index in [-0.39, 0.29) is 27.6 Å². The maximum absolute atomic E-state index is 13.2. The van der Waals surface area contributed by atoms with Gasteiger partial charge in [-0.05, 0) is 50.2 Å². The topological polar surface area (TPSA) is 121 Å². The van der Waals surface area contributed by atoms with Gasteiger partial charge in [0.15, 0.2) is 0 Å². The van der Waals surface area contributed by atoms with E-state index in [0.717, 1.165) is 17.3 Å². The number of hydrogen-bond donors (Lipinski definition) is 3. The Labute approximate surface area is 236 Å². The molecule has 0 saturated carbocycles. The highest BCUT2D eigenvalue weighted by atomic mass is 32.2. The predicted molar refractivity (Wildman–Crippen MR) is 159 cm³/mol. The SMILES string of the molecule is Cc1ccc(N/C(SCC(=O)Nc2c(C)n(C)n(-c3ccccc3)c2=O)=C(\C#N)C(=O)Nc2ccccc2)cc1. The minimum absolute atomic E-state index is 0.156. The molecular formula is C30H28N6O3S. The summed E-state index contributed by atoms with van der Waals surface area (Å²) in [5, 5.41) is 18.7. The van der Waals surface area contributed by atoms with E-state index in [9.17, 15) is 19.6 Å². The molecule has 0 aliphatic carbocycles. The Morgan fingerprint density at radius 2 is 1.45 bits per heavy atom. The first kappa shape index (κ1) is 28.0. The zero-order valence-electron chi connectivity index (χ0n) is 22.3. The number of aryl methyl sites for hydroxylation is 1. The van der Waals surface area contributed by atoms with Crippen LogP contribution in [0.2, 0.25) is 0 Å². The van der Waals surface area contributed by atoms with Gasteiger partial charge in [0.1, 0.15) is 17.3 Å². The fourth-order valence-electron chi connectivity index (χ4n) is 3.88. The third-order valence-corrected chi connectivity index (χ3v) is 7.07. The molecule has 0 fully saturated rings. The van der Waals surface area contributed by atoms with Crippen molar-refractivity contribution in [2.45, 2.75) is 13.8 Å². The number of rotatable bonds is 9. The van der Waals surface area contributed by atoms with Crippen LogP contribution < -0.4 is 21.5 Å². The Bertz CT molecular complexity index is 1650. The van der Waals surface area contributed by atoms with Crippen LogP contribution in [0.3, 0.4) is 0 Å². The molecule has 0 unspecified atom stereocenters. The van der Waals surface area contributed by atoms with Crippen LogP contribution in [0.15, 0.2) is 100 Å². The van der Waals surface area contributed by atoms with E-state index in [2.05, 4.69) is 16.0 Å².